The number of aromatic nitrogens is 2. The minimum Gasteiger partial charge on any atom is -0.477 e. The summed E-state index contributed by atoms with van der Waals surface area (Å²) < 4.78 is 15.5. The SMILES string of the molecule is COCCOCCCOc1ccnc(N)n1. The van der Waals surface area contributed by atoms with Gasteiger partial charge < -0.3 is 19.9 Å². The molecule has 0 saturated heterocycles. The third-order valence-electron chi connectivity index (χ3n) is 1.76. The van der Waals surface area contributed by atoms with Gasteiger partial charge in [-0.15, -0.1) is 0 Å². The molecule has 0 atom stereocenters. The van der Waals surface area contributed by atoms with Gasteiger partial charge in [0.2, 0.25) is 11.8 Å². The van der Waals surface area contributed by atoms with Crippen molar-refractivity contribution >= 4 is 5.95 Å². The third kappa shape index (κ3) is 5.47. The summed E-state index contributed by atoms with van der Waals surface area (Å²) in [7, 11) is 1.64. The van der Waals surface area contributed by atoms with Gasteiger partial charge in [-0.2, -0.15) is 4.98 Å². The number of anilines is 1. The second-order valence-corrected chi connectivity index (χ2v) is 3.06. The molecule has 1 aromatic heterocycles. The molecule has 6 nitrogen and oxygen atoms in total. The Balaban J connectivity index is 2.03. The lowest BCUT2D eigenvalue weighted by Gasteiger charge is -2.05. The van der Waals surface area contributed by atoms with Crippen LogP contribution in [0.2, 0.25) is 0 Å². The molecule has 0 saturated carbocycles. The fourth-order valence-electron chi connectivity index (χ4n) is 1.02. The van der Waals surface area contributed by atoms with Crippen molar-refractivity contribution in [1.82, 2.24) is 9.97 Å². The van der Waals surface area contributed by atoms with Gasteiger partial charge >= 0.3 is 0 Å². The molecule has 0 spiro atoms. The van der Waals surface area contributed by atoms with Crippen molar-refractivity contribution in [2.24, 2.45) is 0 Å². The molecular weight excluding hydrogens is 210 g/mol. The summed E-state index contributed by atoms with van der Waals surface area (Å²) in [6.45, 7) is 2.41. The first-order chi connectivity index (χ1) is 7.83. The molecule has 0 bridgehead atoms. The molecule has 0 amide bonds. The molecule has 6 heteroatoms. The van der Waals surface area contributed by atoms with Crippen LogP contribution in [0.4, 0.5) is 5.95 Å². The van der Waals surface area contributed by atoms with Crippen molar-refractivity contribution in [1.29, 1.82) is 0 Å². The largest absolute Gasteiger partial charge is 0.477 e. The van der Waals surface area contributed by atoms with Gasteiger partial charge in [0.1, 0.15) is 0 Å². The quantitative estimate of drug-likeness (QED) is 0.651. The number of nitrogens with zero attached hydrogens (tertiary/aromatic N) is 2. The Labute approximate surface area is 94.7 Å². The van der Waals surface area contributed by atoms with E-state index in [9.17, 15) is 0 Å². The van der Waals surface area contributed by atoms with Crippen molar-refractivity contribution < 1.29 is 14.2 Å². The monoisotopic (exact) mass is 227 g/mol. The van der Waals surface area contributed by atoms with Crippen molar-refractivity contribution in [3.63, 3.8) is 0 Å². The fourth-order valence-corrected chi connectivity index (χ4v) is 1.02. The Morgan fingerprint density at radius 1 is 1.25 bits per heavy atom. The Kier molecular flexibility index (Phi) is 6.20. The fraction of sp³-hybridized carbons (Fsp3) is 0.600. The minimum atomic E-state index is 0.217. The highest BCUT2D eigenvalue weighted by molar-refractivity contribution is 5.20. The maximum Gasteiger partial charge on any atom is 0.223 e. The molecule has 2 N–H and O–H groups in total. The summed E-state index contributed by atoms with van der Waals surface area (Å²) in [5, 5.41) is 0. The molecule has 1 heterocycles. The molecular formula is C10H17N3O3. The van der Waals surface area contributed by atoms with Crippen LogP contribution in [-0.2, 0) is 9.47 Å². The lowest BCUT2D eigenvalue weighted by Crippen LogP contribution is -2.07. The van der Waals surface area contributed by atoms with E-state index in [4.69, 9.17) is 19.9 Å². The summed E-state index contributed by atoms with van der Waals surface area (Å²) in [4.78, 5) is 7.67. The highest BCUT2D eigenvalue weighted by Crippen LogP contribution is 2.05. The van der Waals surface area contributed by atoms with E-state index in [2.05, 4.69) is 9.97 Å². The van der Waals surface area contributed by atoms with Crippen LogP contribution in [0.15, 0.2) is 12.3 Å². The molecule has 0 aliphatic heterocycles. The Bertz CT molecular complexity index is 296. The van der Waals surface area contributed by atoms with Crippen LogP contribution in [0.3, 0.4) is 0 Å². The standard InChI is InChI=1S/C10H17N3O3/c1-14-7-8-15-5-2-6-16-9-3-4-12-10(11)13-9/h3-4H,2,5-8H2,1H3,(H2,11,12,13). The van der Waals surface area contributed by atoms with Gasteiger partial charge in [-0.3, -0.25) is 0 Å². The van der Waals surface area contributed by atoms with E-state index in [0.29, 0.717) is 32.3 Å². The zero-order chi connectivity index (χ0) is 11.6. The van der Waals surface area contributed by atoms with Crippen LogP contribution in [0, 0.1) is 0 Å². The lowest BCUT2D eigenvalue weighted by atomic mass is 10.5. The normalized spacial score (nSPS) is 10.3. The summed E-state index contributed by atoms with van der Waals surface area (Å²) >= 11 is 0. The van der Waals surface area contributed by atoms with Gasteiger partial charge in [-0.25, -0.2) is 4.98 Å². The van der Waals surface area contributed by atoms with Crippen LogP contribution in [0.1, 0.15) is 6.42 Å². The number of methoxy groups -OCH3 is 1. The van der Waals surface area contributed by atoms with Gasteiger partial charge in [0.05, 0.1) is 19.8 Å². The number of nitrogen functional groups attached to an aromatic ring is 1. The van der Waals surface area contributed by atoms with Gasteiger partial charge in [-0.1, -0.05) is 0 Å². The molecule has 16 heavy (non-hydrogen) atoms. The van der Waals surface area contributed by atoms with E-state index in [1.165, 1.54) is 0 Å². The number of hydrogen-bond acceptors (Lipinski definition) is 6. The number of hydrogen-bond donors (Lipinski definition) is 1. The predicted octanol–water partition coefficient (Wildman–Crippen LogP) is 0.491. The average molecular weight is 227 g/mol. The van der Waals surface area contributed by atoms with Crippen LogP contribution in [0.25, 0.3) is 0 Å². The van der Waals surface area contributed by atoms with E-state index >= 15 is 0 Å². The van der Waals surface area contributed by atoms with E-state index in [-0.39, 0.29) is 5.95 Å². The maximum atomic E-state index is 5.40. The molecule has 0 fully saturated rings. The minimum absolute atomic E-state index is 0.217. The lowest BCUT2D eigenvalue weighted by molar-refractivity contribution is 0.0642. The molecule has 0 aliphatic carbocycles. The van der Waals surface area contributed by atoms with Crippen LogP contribution in [-0.4, -0.2) is 43.5 Å². The first kappa shape index (κ1) is 12.7. The summed E-state index contributed by atoms with van der Waals surface area (Å²) in [6, 6.07) is 1.67. The van der Waals surface area contributed by atoms with Crippen molar-refractivity contribution in [2.45, 2.75) is 6.42 Å². The van der Waals surface area contributed by atoms with E-state index < -0.39 is 0 Å². The molecule has 0 aliphatic rings. The Morgan fingerprint density at radius 2 is 2.12 bits per heavy atom. The van der Waals surface area contributed by atoms with Crippen molar-refractivity contribution in [3.8, 4) is 5.88 Å². The molecule has 1 rings (SSSR count). The first-order valence-corrected chi connectivity index (χ1v) is 5.11. The highest BCUT2D eigenvalue weighted by Gasteiger charge is 1.96. The van der Waals surface area contributed by atoms with Gasteiger partial charge in [-0.05, 0) is 0 Å². The second kappa shape index (κ2) is 7.84. The van der Waals surface area contributed by atoms with Crippen LogP contribution < -0.4 is 10.5 Å². The summed E-state index contributed by atoms with van der Waals surface area (Å²) in [5.74, 6) is 0.707. The average Bonchev–Trinajstić information content (AvgIpc) is 2.28. The van der Waals surface area contributed by atoms with E-state index in [1.807, 2.05) is 0 Å². The van der Waals surface area contributed by atoms with Crippen LogP contribution in [0.5, 0.6) is 5.88 Å². The predicted molar refractivity (Wildman–Crippen MR) is 59.3 cm³/mol. The summed E-state index contributed by atoms with van der Waals surface area (Å²) in [5.41, 5.74) is 5.40. The van der Waals surface area contributed by atoms with Crippen molar-refractivity contribution in [3.05, 3.63) is 12.3 Å². The van der Waals surface area contributed by atoms with Gasteiger partial charge in [0.25, 0.3) is 0 Å². The topological polar surface area (TPSA) is 79.5 Å². The van der Waals surface area contributed by atoms with Crippen molar-refractivity contribution in [2.75, 3.05) is 39.3 Å². The van der Waals surface area contributed by atoms with Gasteiger partial charge in [0, 0.05) is 32.4 Å². The highest BCUT2D eigenvalue weighted by atomic mass is 16.5. The Morgan fingerprint density at radius 3 is 2.88 bits per heavy atom. The van der Waals surface area contributed by atoms with E-state index in [0.717, 1.165) is 6.42 Å². The Hall–Kier alpha value is -1.40. The first-order valence-electron chi connectivity index (χ1n) is 5.11. The smallest absolute Gasteiger partial charge is 0.223 e. The molecule has 1 aromatic rings. The number of rotatable bonds is 8. The van der Waals surface area contributed by atoms with E-state index in [1.54, 1.807) is 19.4 Å². The molecule has 0 aromatic carbocycles. The number of ether oxygens (including phenoxy) is 3. The van der Waals surface area contributed by atoms with Gasteiger partial charge in [0.15, 0.2) is 0 Å². The molecule has 0 radical (unpaired) electrons. The zero-order valence-corrected chi connectivity index (χ0v) is 9.39. The number of nitrogens with two attached hydrogens (primary N) is 1. The zero-order valence-electron chi connectivity index (χ0n) is 9.39. The molecule has 90 valence electrons. The second-order valence-electron chi connectivity index (χ2n) is 3.06. The summed E-state index contributed by atoms with van der Waals surface area (Å²) in [6.07, 6.45) is 2.36. The van der Waals surface area contributed by atoms with Crippen LogP contribution >= 0.6 is 0 Å². The molecule has 0 unspecified atom stereocenters. The maximum absolute atomic E-state index is 5.40. The third-order valence-corrected chi connectivity index (χ3v) is 1.76.